The van der Waals surface area contributed by atoms with Gasteiger partial charge in [0.2, 0.25) is 0 Å². The van der Waals surface area contributed by atoms with Crippen LogP contribution < -0.4 is 9.04 Å². The smallest absolute Gasteiger partial charge is 0.264 e. The quantitative estimate of drug-likeness (QED) is 0.691. The molecule has 0 N–H and O–H groups in total. The molecule has 2 aromatic carbocycles. The number of hydrogen-bond acceptors (Lipinski definition) is 3. The van der Waals surface area contributed by atoms with Crippen molar-refractivity contribution in [2.75, 3.05) is 10.8 Å². The van der Waals surface area contributed by atoms with E-state index in [2.05, 4.69) is 6.58 Å². The second-order valence-electron chi connectivity index (χ2n) is 6.16. The van der Waals surface area contributed by atoms with Crippen molar-refractivity contribution in [3.8, 4) is 5.75 Å². The summed E-state index contributed by atoms with van der Waals surface area (Å²) in [6.07, 6.45) is 6.47. The Morgan fingerprint density at radius 2 is 1.68 bits per heavy atom. The highest BCUT2D eigenvalue weighted by atomic mass is 32.2. The molecule has 1 fully saturated rings. The summed E-state index contributed by atoms with van der Waals surface area (Å²) in [4.78, 5) is 0.267. The Morgan fingerprint density at radius 3 is 2.28 bits per heavy atom. The van der Waals surface area contributed by atoms with Crippen LogP contribution >= 0.6 is 0 Å². The Balaban J connectivity index is 1.84. The van der Waals surface area contributed by atoms with E-state index in [1.165, 1.54) is 17.1 Å². The summed E-state index contributed by atoms with van der Waals surface area (Å²) in [5.74, 6) is 0.784. The van der Waals surface area contributed by atoms with Crippen molar-refractivity contribution in [3.63, 3.8) is 0 Å². The second kappa shape index (κ2) is 7.74. The van der Waals surface area contributed by atoms with Gasteiger partial charge < -0.3 is 4.74 Å². The summed E-state index contributed by atoms with van der Waals surface area (Å²) < 4.78 is 33.2. The summed E-state index contributed by atoms with van der Waals surface area (Å²) in [5.41, 5.74) is 0.600. The van der Waals surface area contributed by atoms with Crippen LogP contribution in [-0.4, -0.2) is 21.1 Å². The number of nitrogens with zero attached hydrogens (tertiary/aromatic N) is 1. The number of benzene rings is 2. The van der Waals surface area contributed by atoms with Gasteiger partial charge >= 0.3 is 0 Å². The lowest BCUT2D eigenvalue weighted by Gasteiger charge is -2.23. The van der Waals surface area contributed by atoms with Crippen LogP contribution in [0.4, 0.5) is 5.69 Å². The minimum atomic E-state index is -3.63. The Bertz CT molecular complexity index is 795. The first-order valence-corrected chi connectivity index (χ1v) is 10.0. The van der Waals surface area contributed by atoms with Gasteiger partial charge in [0.1, 0.15) is 5.75 Å². The first-order chi connectivity index (χ1) is 12.1. The summed E-state index contributed by atoms with van der Waals surface area (Å²) in [6.45, 7) is 3.90. The van der Waals surface area contributed by atoms with Gasteiger partial charge in [-0.15, -0.1) is 6.58 Å². The Morgan fingerprint density at radius 1 is 1.04 bits per heavy atom. The molecule has 2 aromatic rings. The van der Waals surface area contributed by atoms with Crippen LogP contribution in [0.1, 0.15) is 25.7 Å². The molecule has 1 saturated carbocycles. The molecule has 1 aliphatic rings. The monoisotopic (exact) mass is 357 g/mol. The van der Waals surface area contributed by atoms with Gasteiger partial charge in [0.05, 0.1) is 23.2 Å². The molecule has 0 radical (unpaired) electrons. The normalized spacial score (nSPS) is 15.0. The van der Waals surface area contributed by atoms with Crippen LogP contribution in [0.3, 0.4) is 0 Å². The van der Waals surface area contributed by atoms with E-state index in [9.17, 15) is 8.42 Å². The van der Waals surface area contributed by atoms with Crippen LogP contribution in [0.15, 0.2) is 72.1 Å². The fourth-order valence-corrected chi connectivity index (χ4v) is 4.53. The average molecular weight is 357 g/mol. The molecule has 0 unspecified atom stereocenters. The van der Waals surface area contributed by atoms with Gasteiger partial charge in [-0.2, -0.15) is 0 Å². The molecule has 0 amide bonds. The van der Waals surface area contributed by atoms with Crippen molar-refractivity contribution < 1.29 is 13.2 Å². The van der Waals surface area contributed by atoms with E-state index >= 15 is 0 Å². The maximum Gasteiger partial charge on any atom is 0.264 e. The third kappa shape index (κ3) is 4.04. The van der Waals surface area contributed by atoms with Crippen molar-refractivity contribution in [3.05, 3.63) is 67.3 Å². The lowest BCUT2D eigenvalue weighted by Crippen LogP contribution is -2.31. The largest absolute Gasteiger partial charge is 0.490 e. The lowest BCUT2D eigenvalue weighted by atomic mass is 10.2. The molecule has 0 bridgehead atoms. The van der Waals surface area contributed by atoms with Gasteiger partial charge in [-0.1, -0.05) is 24.3 Å². The van der Waals surface area contributed by atoms with E-state index in [0.717, 1.165) is 18.6 Å². The Kier molecular flexibility index (Phi) is 5.43. The summed E-state index contributed by atoms with van der Waals surface area (Å²) in [5, 5.41) is 0. The van der Waals surface area contributed by atoms with Gasteiger partial charge in [0.25, 0.3) is 10.0 Å². The molecular weight excluding hydrogens is 334 g/mol. The molecular formula is C20H23NO3S. The van der Waals surface area contributed by atoms with Crippen molar-refractivity contribution in [2.45, 2.75) is 36.7 Å². The molecule has 4 nitrogen and oxygen atoms in total. The molecule has 3 rings (SSSR count). The predicted molar refractivity (Wildman–Crippen MR) is 100 cm³/mol. The zero-order chi connectivity index (χ0) is 17.7. The number of sulfonamides is 1. The van der Waals surface area contributed by atoms with Crippen molar-refractivity contribution >= 4 is 15.7 Å². The van der Waals surface area contributed by atoms with Crippen LogP contribution in [0.25, 0.3) is 0 Å². The topological polar surface area (TPSA) is 46.6 Å². The van der Waals surface area contributed by atoms with Gasteiger partial charge in [-0.25, -0.2) is 8.42 Å². The molecule has 0 aromatic heterocycles. The zero-order valence-electron chi connectivity index (χ0n) is 14.2. The third-order valence-electron chi connectivity index (χ3n) is 4.36. The Hall–Kier alpha value is -2.27. The molecule has 1 aliphatic carbocycles. The third-order valence-corrected chi connectivity index (χ3v) is 6.16. The van der Waals surface area contributed by atoms with Gasteiger partial charge in [0, 0.05) is 0 Å². The Labute approximate surface area is 149 Å². The van der Waals surface area contributed by atoms with Crippen LogP contribution in [0.5, 0.6) is 5.75 Å². The van der Waals surface area contributed by atoms with Crippen molar-refractivity contribution in [1.29, 1.82) is 0 Å². The summed E-state index contributed by atoms with van der Waals surface area (Å²) in [7, 11) is -3.63. The zero-order valence-corrected chi connectivity index (χ0v) is 15.0. The van der Waals surface area contributed by atoms with Crippen LogP contribution in [0, 0.1) is 0 Å². The highest BCUT2D eigenvalue weighted by molar-refractivity contribution is 7.92. The molecule has 0 heterocycles. The molecule has 0 atom stereocenters. The predicted octanol–water partition coefficient (Wildman–Crippen LogP) is 4.39. The average Bonchev–Trinajstić information content (AvgIpc) is 3.14. The standard InChI is InChI=1S/C20H23NO3S/c1-2-16-21(25(22,23)20-10-4-3-5-11-20)17-12-14-19(15-13-17)24-18-8-6-7-9-18/h2-5,10-15,18H,1,6-9,16H2. The van der Waals surface area contributed by atoms with E-state index < -0.39 is 10.0 Å². The highest BCUT2D eigenvalue weighted by Gasteiger charge is 2.24. The van der Waals surface area contributed by atoms with Crippen molar-refractivity contribution in [2.24, 2.45) is 0 Å². The van der Waals surface area contributed by atoms with E-state index in [-0.39, 0.29) is 17.5 Å². The minimum Gasteiger partial charge on any atom is -0.490 e. The first kappa shape index (κ1) is 17.5. The SMILES string of the molecule is C=CCN(c1ccc(OC2CCCC2)cc1)S(=O)(=O)c1ccccc1. The summed E-state index contributed by atoms with van der Waals surface area (Å²) >= 11 is 0. The molecule has 0 saturated heterocycles. The fourth-order valence-electron chi connectivity index (χ4n) is 3.07. The maximum absolute atomic E-state index is 12.9. The minimum absolute atomic E-state index is 0.208. The highest BCUT2D eigenvalue weighted by Crippen LogP contribution is 2.28. The van der Waals surface area contributed by atoms with E-state index in [1.54, 1.807) is 48.5 Å². The van der Waals surface area contributed by atoms with Gasteiger partial charge in [0.15, 0.2) is 0 Å². The summed E-state index contributed by atoms with van der Waals surface area (Å²) in [6, 6.07) is 15.7. The van der Waals surface area contributed by atoms with E-state index in [0.29, 0.717) is 5.69 Å². The number of rotatable bonds is 7. The lowest BCUT2D eigenvalue weighted by molar-refractivity contribution is 0.210. The van der Waals surface area contributed by atoms with Gasteiger partial charge in [-0.3, -0.25) is 4.31 Å². The van der Waals surface area contributed by atoms with Crippen LogP contribution in [-0.2, 0) is 10.0 Å². The maximum atomic E-state index is 12.9. The molecule has 132 valence electrons. The molecule has 25 heavy (non-hydrogen) atoms. The second-order valence-corrected chi connectivity index (χ2v) is 8.02. The van der Waals surface area contributed by atoms with E-state index in [4.69, 9.17) is 4.74 Å². The molecule has 0 aliphatic heterocycles. The van der Waals surface area contributed by atoms with Gasteiger partial charge in [-0.05, 0) is 62.1 Å². The number of ether oxygens (including phenoxy) is 1. The molecule has 0 spiro atoms. The fraction of sp³-hybridized carbons (Fsp3) is 0.300. The van der Waals surface area contributed by atoms with E-state index in [1.807, 2.05) is 12.1 Å². The number of anilines is 1. The number of hydrogen-bond donors (Lipinski definition) is 0. The van der Waals surface area contributed by atoms with Crippen LogP contribution in [0.2, 0.25) is 0 Å². The van der Waals surface area contributed by atoms with Crippen molar-refractivity contribution in [1.82, 2.24) is 0 Å². The first-order valence-electron chi connectivity index (χ1n) is 8.56. The molecule has 5 heteroatoms.